The lowest BCUT2D eigenvalue weighted by Crippen LogP contribution is -2.44. The molecule has 43 heavy (non-hydrogen) atoms. The summed E-state index contributed by atoms with van der Waals surface area (Å²) in [4.78, 5) is 25.8. The van der Waals surface area contributed by atoms with E-state index in [0.29, 0.717) is 19.3 Å². The Bertz CT molecular complexity index is 1370. The van der Waals surface area contributed by atoms with E-state index in [1.54, 1.807) is 0 Å². The SMILES string of the molecule is CCCCCCCCCCCCS(=O)(=O)N1CCCC1C(=O)Nc1cc(O)c(NC(=O)c2cc(Cl)c(Cl)c(Cl)c2)cc1Cl. The second-order valence-corrected chi connectivity index (χ2v) is 14.5. The maximum Gasteiger partial charge on any atom is 0.255 e. The van der Waals surface area contributed by atoms with Crippen LogP contribution in [0.4, 0.5) is 11.4 Å². The van der Waals surface area contributed by atoms with Gasteiger partial charge in [0, 0.05) is 18.2 Å². The number of carbonyl (C=O) groups is 2. The highest BCUT2D eigenvalue weighted by Gasteiger charge is 2.38. The van der Waals surface area contributed by atoms with Gasteiger partial charge in [0.2, 0.25) is 15.9 Å². The minimum atomic E-state index is -3.61. The molecule has 1 aliphatic heterocycles. The smallest absolute Gasteiger partial charge is 0.255 e. The molecule has 0 spiro atoms. The first-order valence-electron chi connectivity index (χ1n) is 14.7. The number of benzene rings is 2. The molecule has 0 aromatic heterocycles. The van der Waals surface area contributed by atoms with E-state index >= 15 is 0 Å². The molecule has 1 unspecified atom stereocenters. The standard InChI is InChI=1S/C30H39Cl4N3O5S/c1-2-3-4-5-6-7-8-9-10-11-15-43(41,42)37-14-12-13-26(37)30(40)35-24-19-27(38)25(18-21(24)31)36-29(39)20-16-22(32)28(34)23(33)17-20/h16-19,26,38H,2-15H2,1H3,(H,35,40)(H,36,39). The predicted octanol–water partition coefficient (Wildman–Crippen LogP) is 8.91. The zero-order valence-electron chi connectivity index (χ0n) is 24.2. The molecule has 1 saturated heterocycles. The van der Waals surface area contributed by atoms with Crippen LogP contribution in [-0.2, 0) is 14.8 Å². The van der Waals surface area contributed by atoms with Crippen molar-refractivity contribution in [2.75, 3.05) is 22.9 Å². The topological polar surface area (TPSA) is 116 Å². The molecule has 1 atom stereocenters. The predicted molar refractivity (Wildman–Crippen MR) is 177 cm³/mol. The number of nitrogens with one attached hydrogen (secondary N) is 2. The van der Waals surface area contributed by atoms with Gasteiger partial charge in [-0.2, -0.15) is 4.31 Å². The summed E-state index contributed by atoms with van der Waals surface area (Å²) in [6.45, 7) is 2.48. The largest absolute Gasteiger partial charge is 0.506 e. The van der Waals surface area contributed by atoms with Gasteiger partial charge in [-0.25, -0.2) is 8.42 Å². The first-order valence-corrected chi connectivity index (χ1v) is 17.9. The number of rotatable bonds is 16. The highest BCUT2D eigenvalue weighted by Crippen LogP contribution is 2.36. The average Bonchev–Trinajstić information content (AvgIpc) is 3.46. The zero-order chi connectivity index (χ0) is 31.6. The highest BCUT2D eigenvalue weighted by molar-refractivity contribution is 7.89. The Labute approximate surface area is 274 Å². The van der Waals surface area contributed by atoms with E-state index < -0.39 is 27.9 Å². The Hall–Kier alpha value is -1.75. The van der Waals surface area contributed by atoms with Crippen molar-refractivity contribution in [1.29, 1.82) is 0 Å². The van der Waals surface area contributed by atoms with E-state index in [-0.39, 0.29) is 55.1 Å². The number of hydrogen-bond acceptors (Lipinski definition) is 5. The third kappa shape index (κ3) is 10.4. The fourth-order valence-electron chi connectivity index (χ4n) is 5.08. The number of aromatic hydroxyl groups is 1. The minimum absolute atomic E-state index is 0.00721. The first kappa shape index (κ1) is 35.7. The summed E-state index contributed by atoms with van der Waals surface area (Å²) >= 11 is 24.3. The fraction of sp³-hybridized carbons (Fsp3) is 0.533. The molecule has 0 aliphatic carbocycles. The molecule has 0 bridgehead atoms. The number of hydrogen-bond donors (Lipinski definition) is 3. The normalized spacial score (nSPS) is 15.5. The number of unbranched alkanes of at least 4 members (excludes halogenated alkanes) is 9. The molecule has 1 fully saturated rings. The summed E-state index contributed by atoms with van der Waals surface area (Å²) in [5.74, 6) is -1.52. The second kappa shape index (κ2) is 17.1. The Kier molecular flexibility index (Phi) is 14.2. The van der Waals surface area contributed by atoms with Gasteiger partial charge < -0.3 is 15.7 Å². The quantitative estimate of drug-likeness (QED) is 0.0922. The van der Waals surface area contributed by atoms with E-state index in [0.717, 1.165) is 19.3 Å². The van der Waals surface area contributed by atoms with Crippen LogP contribution in [0.5, 0.6) is 5.75 Å². The molecule has 2 aromatic rings. The molecule has 3 rings (SSSR count). The Morgan fingerprint density at radius 3 is 2.02 bits per heavy atom. The molecule has 1 heterocycles. The number of nitrogens with zero attached hydrogens (tertiary/aromatic N) is 1. The number of halogens is 4. The zero-order valence-corrected chi connectivity index (χ0v) is 28.1. The van der Waals surface area contributed by atoms with Crippen molar-refractivity contribution in [2.24, 2.45) is 0 Å². The van der Waals surface area contributed by atoms with Crippen LogP contribution in [0.1, 0.15) is 94.3 Å². The lowest BCUT2D eigenvalue weighted by atomic mass is 10.1. The maximum absolute atomic E-state index is 13.2. The fourth-order valence-corrected chi connectivity index (χ4v) is 7.69. The van der Waals surface area contributed by atoms with Crippen LogP contribution in [0, 0.1) is 0 Å². The minimum Gasteiger partial charge on any atom is -0.506 e. The molecule has 0 radical (unpaired) electrons. The second-order valence-electron chi connectivity index (χ2n) is 10.8. The van der Waals surface area contributed by atoms with Gasteiger partial charge in [-0.15, -0.1) is 0 Å². The van der Waals surface area contributed by atoms with E-state index in [2.05, 4.69) is 17.6 Å². The lowest BCUT2D eigenvalue weighted by Gasteiger charge is -2.24. The van der Waals surface area contributed by atoms with Crippen molar-refractivity contribution in [3.05, 3.63) is 49.9 Å². The molecule has 2 aromatic carbocycles. The van der Waals surface area contributed by atoms with Gasteiger partial charge in [0.15, 0.2) is 0 Å². The summed E-state index contributed by atoms with van der Waals surface area (Å²) in [5.41, 5.74) is 0.170. The van der Waals surface area contributed by atoms with Crippen molar-refractivity contribution in [3.8, 4) is 5.75 Å². The third-order valence-electron chi connectivity index (χ3n) is 7.46. The van der Waals surface area contributed by atoms with Gasteiger partial charge in [-0.05, 0) is 37.5 Å². The number of amides is 2. The van der Waals surface area contributed by atoms with Crippen LogP contribution in [0.2, 0.25) is 20.1 Å². The molecule has 2 amide bonds. The molecule has 13 heteroatoms. The summed E-state index contributed by atoms with van der Waals surface area (Å²) < 4.78 is 27.5. The Balaban J connectivity index is 1.54. The monoisotopic (exact) mass is 693 g/mol. The molecule has 3 N–H and O–H groups in total. The highest BCUT2D eigenvalue weighted by atomic mass is 35.5. The number of phenols is 1. The summed E-state index contributed by atoms with van der Waals surface area (Å²) in [5, 5.41) is 16.0. The summed E-state index contributed by atoms with van der Waals surface area (Å²) in [6.07, 6.45) is 12.0. The third-order valence-corrected chi connectivity index (χ3v) is 10.9. The van der Waals surface area contributed by atoms with Crippen LogP contribution < -0.4 is 10.6 Å². The van der Waals surface area contributed by atoms with Gasteiger partial charge in [-0.1, -0.05) is 111 Å². The van der Waals surface area contributed by atoms with Crippen molar-refractivity contribution in [3.63, 3.8) is 0 Å². The van der Waals surface area contributed by atoms with Crippen LogP contribution in [0.25, 0.3) is 0 Å². The van der Waals surface area contributed by atoms with E-state index in [1.807, 2.05) is 0 Å². The Morgan fingerprint density at radius 2 is 1.42 bits per heavy atom. The number of carbonyl (C=O) groups excluding carboxylic acids is 2. The number of sulfonamides is 1. The first-order chi connectivity index (χ1) is 20.4. The molecular formula is C30H39Cl4N3O5S. The molecule has 8 nitrogen and oxygen atoms in total. The van der Waals surface area contributed by atoms with E-state index in [9.17, 15) is 23.1 Å². The number of anilines is 2. The molecular weight excluding hydrogens is 656 g/mol. The average molecular weight is 696 g/mol. The Morgan fingerprint density at radius 1 is 0.837 bits per heavy atom. The van der Waals surface area contributed by atoms with Crippen LogP contribution in [0.15, 0.2) is 24.3 Å². The van der Waals surface area contributed by atoms with Crippen molar-refractivity contribution >= 4 is 79.6 Å². The van der Waals surface area contributed by atoms with Crippen molar-refractivity contribution in [1.82, 2.24) is 4.31 Å². The van der Waals surface area contributed by atoms with Crippen LogP contribution in [-0.4, -0.2) is 48.0 Å². The summed E-state index contributed by atoms with van der Waals surface area (Å²) in [7, 11) is -3.61. The van der Waals surface area contributed by atoms with Gasteiger partial charge in [0.05, 0.1) is 37.2 Å². The summed E-state index contributed by atoms with van der Waals surface area (Å²) in [6, 6.07) is 4.25. The van der Waals surface area contributed by atoms with E-state index in [4.69, 9.17) is 46.4 Å². The van der Waals surface area contributed by atoms with Gasteiger partial charge in [0.1, 0.15) is 11.8 Å². The van der Waals surface area contributed by atoms with Gasteiger partial charge in [-0.3, -0.25) is 9.59 Å². The molecule has 1 aliphatic rings. The molecule has 0 saturated carbocycles. The van der Waals surface area contributed by atoms with Gasteiger partial charge >= 0.3 is 0 Å². The lowest BCUT2D eigenvalue weighted by molar-refractivity contribution is -0.119. The van der Waals surface area contributed by atoms with Crippen molar-refractivity contribution in [2.45, 2.75) is 90.0 Å². The van der Waals surface area contributed by atoms with Gasteiger partial charge in [0.25, 0.3) is 5.91 Å². The number of phenolic OH excluding ortho intramolecular Hbond substituents is 1. The van der Waals surface area contributed by atoms with Crippen molar-refractivity contribution < 1.29 is 23.1 Å². The molecule has 238 valence electrons. The van der Waals surface area contributed by atoms with E-state index in [1.165, 1.54) is 67.1 Å². The maximum atomic E-state index is 13.2. The van der Waals surface area contributed by atoms with Crippen LogP contribution >= 0.6 is 46.4 Å². The van der Waals surface area contributed by atoms with Crippen LogP contribution in [0.3, 0.4) is 0 Å².